The number of aliphatic hydroxyl groups excluding tert-OH is 1. The van der Waals surface area contributed by atoms with Crippen LogP contribution in [0.15, 0.2) is 41.4 Å². The lowest BCUT2D eigenvalue weighted by Crippen LogP contribution is -2.20. The van der Waals surface area contributed by atoms with Gasteiger partial charge in [0.1, 0.15) is 25.1 Å². The molecule has 1 aromatic carbocycles. The van der Waals surface area contributed by atoms with Gasteiger partial charge in [-0.25, -0.2) is 4.58 Å². The molecule has 1 aromatic rings. The molecular weight excluding hydrogens is 326 g/mol. The number of aliphatic hydroxyl groups is 1. The van der Waals surface area contributed by atoms with Gasteiger partial charge in [0.25, 0.3) is 0 Å². The van der Waals surface area contributed by atoms with E-state index in [1.807, 2.05) is 36.4 Å². The molecule has 1 unspecified atom stereocenters. The number of aliphatic imine (C=N–C) groups is 1. The molecule has 1 saturated heterocycles. The van der Waals surface area contributed by atoms with E-state index in [2.05, 4.69) is 21.3 Å². The summed E-state index contributed by atoms with van der Waals surface area (Å²) in [6.07, 6.45) is 13.3. The summed E-state index contributed by atoms with van der Waals surface area (Å²) >= 11 is 0. The highest BCUT2D eigenvalue weighted by Gasteiger charge is 2.09. The summed E-state index contributed by atoms with van der Waals surface area (Å²) in [6, 6.07) is 9.81. The minimum atomic E-state index is -0.485. The molecule has 142 valence electrons. The topological polar surface area (TPSA) is 67.9 Å². The van der Waals surface area contributed by atoms with Gasteiger partial charge in [0.05, 0.1) is 12.6 Å². The number of benzene rings is 1. The van der Waals surface area contributed by atoms with Crippen LogP contribution in [0.1, 0.15) is 50.5 Å². The van der Waals surface area contributed by atoms with Gasteiger partial charge in [-0.15, -0.1) is 0 Å². The Morgan fingerprint density at radius 2 is 1.88 bits per heavy atom. The molecule has 2 rings (SSSR count). The molecule has 0 saturated carbocycles. The third-order valence-electron chi connectivity index (χ3n) is 4.59. The van der Waals surface area contributed by atoms with E-state index < -0.39 is 6.10 Å². The van der Waals surface area contributed by atoms with E-state index in [9.17, 15) is 10.3 Å². The lowest BCUT2D eigenvalue weighted by atomic mass is 10.1. The van der Waals surface area contributed by atoms with Gasteiger partial charge in [-0.2, -0.15) is 0 Å². The lowest BCUT2D eigenvalue weighted by Gasteiger charge is -2.07. The predicted octanol–water partition coefficient (Wildman–Crippen LogP) is 3.27. The van der Waals surface area contributed by atoms with Crippen molar-refractivity contribution in [2.45, 2.75) is 51.0 Å². The van der Waals surface area contributed by atoms with Crippen LogP contribution in [0.25, 0.3) is 6.08 Å². The zero-order valence-electron chi connectivity index (χ0n) is 15.6. The fourth-order valence-electron chi connectivity index (χ4n) is 3.06. The van der Waals surface area contributed by atoms with Crippen molar-refractivity contribution >= 4 is 18.1 Å². The second-order valence-corrected chi connectivity index (χ2v) is 6.80. The highest BCUT2D eigenvalue weighted by Crippen LogP contribution is 2.07. The SMILES string of the molecule is ONC(C=Cc1ccccc1)=NCC(O)CCCC=[N+]1CCCCCC1. The van der Waals surface area contributed by atoms with Gasteiger partial charge in [-0.1, -0.05) is 36.4 Å². The Labute approximate surface area is 156 Å². The van der Waals surface area contributed by atoms with Crippen LogP contribution >= 0.6 is 0 Å². The summed E-state index contributed by atoms with van der Waals surface area (Å²) < 4.78 is 2.43. The highest BCUT2D eigenvalue weighted by atomic mass is 16.5. The van der Waals surface area contributed by atoms with Crippen molar-refractivity contribution in [3.8, 4) is 0 Å². The van der Waals surface area contributed by atoms with E-state index in [0.29, 0.717) is 5.84 Å². The molecular formula is C21H32N3O2+. The fraction of sp³-hybridized carbons (Fsp3) is 0.524. The first-order chi connectivity index (χ1) is 12.8. The average molecular weight is 359 g/mol. The Bertz CT molecular complexity index is 587. The van der Waals surface area contributed by atoms with Crippen molar-refractivity contribution in [1.29, 1.82) is 0 Å². The smallest absolute Gasteiger partial charge is 0.144 e. The standard InChI is InChI=1S/C21H32N3O2/c25-20(12-6-9-17-24-15-7-1-2-8-16-24)18-22-21(23-26)14-13-19-10-4-3-5-11-19/h3-5,10-11,13-14,17,20,25-26H,1-2,6-9,12,15-16,18H2,(H,22,23)/q+1. The van der Waals surface area contributed by atoms with Crippen LogP contribution in [0.5, 0.6) is 0 Å². The van der Waals surface area contributed by atoms with Gasteiger partial charge in [0.2, 0.25) is 0 Å². The van der Waals surface area contributed by atoms with Crippen LogP contribution in [0.3, 0.4) is 0 Å². The lowest BCUT2D eigenvalue weighted by molar-refractivity contribution is -0.522. The summed E-state index contributed by atoms with van der Waals surface area (Å²) in [5.74, 6) is 0.351. The predicted molar refractivity (Wildman–Crippen MR) is 107 cm³/mol. The molecule has 1 atom stereocenters. The third-order valence-corrected chi connectivity index (χ3v) is 4.59. The minimum absolute atomic E-state index is 0.283. The quantitative estimate of drug-likeness (QED) is 0.220. The van der Waals surface area contributed by atoms with Gasteiger partial charge in [0.15, 0.2) is 0 Å². The molecule has 5 heteroatoms. The number of nitrogens with one attached hydrogen (secondary N) is 1. The fourth-order valence-corrected chi connectivity index (χ4v) is 3.06. The number of rotatable bonds is 8. The van der Waals surface area contributed by atoms with Gasteiger partial charge < -0.3 is 5.11 Å². The molecule has 5 nitrogen and oxygen atoms in total. The number of hydrogen-bond acceptors (Lipinski definition) is 3. The Kier molecular flexibility index (Phi) is 9.69. The molecule has 0 bridgehead atoms. The number of unbranched alkanes of at least 4 members (excludes halogenated alkanes) is 1. The van der Waals surface area contributed by atoms with Crippen molar-refractivity contribution in [3.63, 3.8) is 0 Å². The number of hydrogen-bond donors (Lipinski definition) is 3. The summed E-state index contributed by atoms with van der Waals surface area (Å²) in [5.41, 5.74) is 3.11. The van der Waals surface area contributed by atoms with Crippen LogP contribution in [-0.4, -0.2) is 52.7 Å². The van der Waals surface area contributed by atoms with Crippen molar-refractivity contribution in [1.82, 2.24) is 5.48 Å². The summed E-state index contributed by atoms with van der Waals surface area (Å²) in [4.78, 5) is 4.24. The van der Waals surface area contributed by atoms with Crippen molar-refractivity contribution in [3.05, 3.63) is 42.0 Å². The molecule has 1 aliphatic heterocycles. The maximum absolute atomic E-state index is 10.1. The molecule has 0 aromatic heterocycles. The van der Waals surface area contributed by atoms with E-state index in [1.54, 1.807) is 6.08 Å². The first-order valence-corrected chi connectivity index (χ1v) is 9.71. The van der Waals surface area contributed by atoms with Crippen molar-refractivity contribution in [2.75, 3.05) is 19.6 Å². The first kappa shape index (κ1) is 20.3. The van der Waals surface area contributed by atoms with Crippen LogP contribution in [0.2, 0.25) is 0 Å². The van der Waals surface area contributed by atoms with E-state index in [-0.39, 0.29) is 6.54 Å². The van der Waals surface area contributed by atoms with E-state index >= 15 is 0 Å². The molecule has 1 aliphatic rings. The molecule has 1 fully saturated rings. The van der Waals surface area contributed by atoms with Crippen LogP contribution in [0, 0.1) is 0 Å². The minimum Gasteiger partial charge on any atom is -0.391 e. The summed E-state index contributed by atoms with van der Waals surface area (Å²) in [6.45, 7) is 2.63. The molecule has 26 heavy (non-hydrogen) atoms. The van der Waals surface area contributed by atoms with Crippen LogP contribution in [0.4, 0.5) is 0 Å². The Balaban J connectivity index is 1.70. The second-order valence-electron chi connectivity index (χ2n) is 6.80. The molecule has 0 amide bonds. The normalized spacial score (nSPS) is 17.2. The van der Waals surface area contributed by atoms with E-state index in [4.69, 9.17) is 0 Å². The third kappa shape index (κ3) is 8.41. The van der Waals surface area contributed by atoms with Gasteiger partial charge in [-0.05, 0) is 37.3 Å². The van der Waals surface area contributed by atoms with Crippen molar-refractivity contribution in [2.24, 2.45) is 4.99 Å². The highest BCUT2D eigenvalue weighted by molar-refractivity contribution is 5.95. The average Bonchev–Trinajstić information content (AvgIpc) is 2.95. The number of amidine groups is 1. The van der Waals surface area contributed by atoms with Gasteiger partial charge >= 0.3 is 0 Å². The maximum atomic E-state index is 10.1. The number of hydroxylamine groups is 1. The first-order valence-electron chi connectivity index (χ1n) is 9.71. The zero-order chi connectivity index (χ0) is 18.5. The molecule has 0 radical (unpaired) electrons. The van der Waals surface area contributed by atoms with E-state index in [1.165, 1.54) is 38.8 Å². The Morgan fingerprint density at radius 3 is 2.58 bits per heavy atom. The number of nitrogens with zero attached hydrogens (tertiary/aromatic N) is 2. The second kappa shape index (κ2) is 12.4. The van der Waals surface area contributed by atoms with Crippen molar-refractivity contribution < 1.29 is 14.9 Å². The Hall–Kier alpha value is -1.98. The molecule has 0 spiro atoms. The monoisotopic (exact) mass is 358 g/mol. The molecule has 0 aliphatic carbocycles. The van der Waals surface area contributed by atoms with Gasteiger partial charge in [-0.3, -0.25) is 15.7 Å². The Morgan fingerprint density at radius 1 is 1.15 bits per heavy atom. The van der Waals surface area contributed by atoms with E-state index in [0.717, 1.165) is 24.8 Å². The summed E-state index contributed by atoms with van der Waals surface area (Å²) in [7, 11) is 0. The zero-order valence-corrected chi connectivity index (χ0v) is 15.6. The molecule has 3 N–H and O–H groups in total. The molecule has 1 heterocycles. The van der Waals surface area contributed by atoms with Gasteiger partial charge in [0, 0.05) is 19.3 Å². The van der Waals surface area contributed by atoms with Crippen LogP contribution < -0.4 is 5.48 Å². The summed E-state index contributed by atoms with van der Waals surface area (Å²) in [5, 5.41) is 19.3. The van der Waals surface area contributed by atoms with Crippen LogP contribution in [-0.2, 0) is 0 Å². The largest absolute Gasteiger partial charge is 0.391 e. The maximum Gasteiger partial charge on any atom is 0.144 e.